The van der Waals surface area contributed by atoms with Crippen molar-refractivity contribution < 1.29 is 14.7 Å². The number of fused-ring (bicyclic) bond motifs is 1. The average Bonchev–Trinajstić information content (AvgIpc) is 3.31. The van der Waals surface area contributed by atoms with Crippen LogP contribution in [0.25, 0.3) is 11.0 Å². The number of carbonyl (C=O) groups excluding carboxylic acids is 2. The highest BCUT2D eigenvalue weighted by Crippen LogP contribution is 2.38. The Morgan fingerprint density at radius 1 is 1.32 bits per heavy atom. The van der Waals surface area contributed by atoms with Gasteiger partial charge in [0.15, 0.2) is 5.69 Å². The lowest BCUT2D eigenvalue weighted by Crippen LogP contribution is -2.40. The minimum absolute atomic E-state index is 0.146. The summed E-state index contributed by atoms with van der Waals surface area (Å²) >= 11 is 6.56. The fourth-order valence-electron chi connectivity index (χ4n) is 5.02. The number of halogens is 1. The number of anilines is 1. The van der Waals surface area contributed by atoms with Crippen LogP contribution in [0.15, 0.2) is 31.1 Å². The van der Waals surface area contributed by atoms with Gasteiger partial charge in [0.05, 0.1) is 40.6 Å². The summed E-state index contributed by atoms with van der Waals surface area (Å²) in [4.78, 5) is 30.9. The molecule has 3 atom stereocenters. The van der Waals surface area contributed by atoms with Gasteiger partial charge in [0.1, 0.15) is 11.4 Å². The van der Waals surface area contributed by atoms with E-state index < -0.39 is 18.1 Å². The number of rotatable bonds is 6. The van der Waals surface area contributed by atoms with E-state index >= 15 is 0 Å². The highest BCUT2D eigenvalue weighted by Gasteiger charge is 2.40. The summed E-state index contributed by atoms with van der Waals surface area (Å²) < 4.78 is 3.75. The number of benzene rings is 1. The fraction of sp³-hybridized carbons (Fsp3) is 0.385. The van der Waals surface area contributed by atoms with Crippen molar-refractivity contribution >= 4 is 40.3 Å². The van der Waals surface area contributed by atoms with Gasteiger partial charge >= 0.3 is 0 Å². The van der Waals surface area contributed by atoms with Gasteiger partial charge in [-0.1, -0.05) is 24.1 Å². The lowest BCUT2D eigenvalue weighted by molar-refractivity contribution is -0.128. The number of aliphatic hydroxyl groups is 1. The van der Waals surface area contributed by atoms with Gasteiger partial charge in [0, 0.05) is 25.2 Å². The summed E-state index contributed by atoms with van der Waals surface area (Å²) in [6.07, 6.45) is 5.00. The van der Waals surface area contributed by atoms with Gasteiger partial charge in [-0.2, -0.15) is 5.10 Å². The summed E-state index contributed by atoms with van der Waals surface area (Å²) in [6, 6.07) is 3.43. The largest absolute Gasteiger partial charge is 0.391 e. The van der Waals surface area contributed by atoms with Crippen LogP contribution in [0.3, 0.4) is 0 Å². The molecule has 1 aliphatic heterocycles. The minimum atomic E-state index is -0.752. The van der Waals surface area contributed by atoms with Crippen molar-refractivity contribution in [3.8, 4) is 11.8 Å². The smallest absolute Gasteiger partial charge is 0.255 e. The van der Waals surface area contributed by atoms with Crippen molar-refractivity contribution in [3.05, 3.63) is 53.0 Å². The van der Waals surface area contributed by atoms with E-state index in [1.54, 1.807) is 23.6 Å². The summed E-state index contributed by atoms with van der Waals surface area (Å²) in [5.74, 6) is 5.42. The molecular weight excluding hydrogens is 494 g/mol. The van der Waals surface area contributed by atoms with Gasteiger partial charge in [-0.25, -0.2) is 9.67 Å². The van der Waals surface area contributed by atoms with Crippen LogP contribution in [0.2, 0.25) is 5.02 Å². The summed E-state index contributed by atoms with van der Waals surface area (Å²) in [6.45, 7) is 5.48. The van der Waals surface area contributed by atoms with Crippen LogP contribution >= 0.6 is 11.6 Å². The zero-order valence-electron chi connectivity index (χ0n) is 20.6. The Hall–Kier alpha value is -3.81. The Bertz CT molecular complexity index is 1470. The normalized spacial score (nSPS) is 19.9. The molecule has 5 rings (SSSR count). The zero-order chi connectivity index (χ0) is 26.4. The molecule has 1 saturated carbocycles. The van der Waals surface area contributed by atoms with Crippen molar-refractivity contribution in [1.29, 1.82) is 0 Å². The first-order chi connectivity index (χ1) is 17.7. The summed E-state index contributed by atoms with van der Waals surface area (Å²) in [5.41, 5.74) is 8.38. The second-order valence-electron chi connectivity index (χ2n) is 9.48. The van der Waals surface area contributed by atoms with Crippen LogP contribution in [0.4, 0.5) is 5.82 Å². The Kier molecular flexibility index (Phi) is 6.43. The Morgan fingerprint density at radius 3 is 2.70 bits per heavy atom. The first-order valence-electron chi connectivity index (χ1n) is 12.1. The van der Waals surface area contributed by atoms with E-state index in [1.807, 2.05) is 18.5 Å². The van der Waals surface area contributed by atoms with E-state index in [0.717, 1.165) is 23.9 Å². The van der Waals surface area contributed by atoms with Gasteiger partial charge in [0.2, 0.25) is 5.91 Å². The van der Waals surface area contributed by atoms with Crippen molar-refractivity contribution in [1.82, 2.24) is 24.2 Å². The molecule has 1 aromatic carbocycles. The van der Waals surface area contributed by atoms with E-state index in [-0.39, 0.29) is 29.8 Å². The quantitative estimate of drug-likeness (QED) is 0.337. The number of nitrogens with two attached hydrogens (primary N) is 1. The van der Waals surface area contributed by atoms with Crippen molar-refractivity contribution in [3.63, 3.8) is 0 Å². The third kappa shape index (κ3) is 4.45. The van der Waals surface area contributed by atoms with Crippen LogP contribution in [0.1, 0.15) is 59.9 Å². The second kappa shape index (κ2) is 9.57. The molecule has 0 radical (unpaired) electrons. The Labute approximate surface area is 219 Å². The topological polar surface area (TPSA) is 131 Å². The highest BCUT2D eigenvalue weighted by molar-refractivity contribution is 6.32. The van der Waals surface area contributed by atoms with Gasteiger partial charge < -0.3 is 25.6 Å². The molecule has 37 heavy (non-hydrogen) atoms. The minimum Gasteiger partial charge on any atom is -0.391 e. The third-order valence-electron chi connectivity index (χ3n) is 6.99. The summed E-state index contributed by atoms with van der Waals surface area (Å²) in [5, 5.41) is 18.4. The van der Waals surface area contributed by atoms with E-state index in [9.17, 15) is 14.7 Å². The van der Waals surface area contributed by atoms with Gasteiger partial charge in [-0.3, -0.25) is 9.59 Å². The number of primary amides is 1. The van der Waals surface area contributed by atoms with Crippen LogP contribution in [0, 0.1) is 11.8 Å². The monoisotopic (exact) mass is 521 g/mol. The number of nitrogens with one attached hydrogen (secondary N) is 1. The Morgan fingerprint density at radius 2 is 2.08 bits per heavy atom. The van der Waals surface area contributed by atoms with Crippen molar-refractivity contribution in [2.75, 3.05) is 18.9 Å². The number of aliphatic hydroxyl groups excluding tert-OH is 1. The van der Waals surface area contributed by atoms with Gasteiger partial charge in [-0.15, -0.1) is 0 Å². The van der Waals surface area contributed by atoms with Crippen molar-refractivity contribution in [2.24, 2.45) is 5.73 Å². The molecule has 2 fully saturated rings. The number of amides is 2. The molecule has 1 aliphatic carbocycles. The van der Waals surface area contributed by atoms with Crippen LogP contribution in [-0.2, 0) is 4.79 Å². The molecule has 192 valence electrons. The van der Waals surface area contributed by atoms with Crippen LogP contribution < -0.4 is 11.1 Å². The predicted octanol–water partition coefficient (Wildman–Crippen LogP) is 2.47. The van der Waals surface area contributed by atoms with Crippen LogP contribution in [-0.4, -0.2) is 66.9 Å². The number of nitrogens with zero attached hydrogens (tertiary/aromatic N) is 5. The number of hydrogen-bond donors (Lipinski definition) is 3. The molecular formula is C26H28ClN7O3. The molecule has 3 heterocycles. The summed E-state index contributed by atoms with van der Waals surface area (Å²) in [7, 11) is 1.66. The highest BCUT2D eigenvalue weighted by atomic mass is 35.5. The number of hydrogen-bond acceptors (Lipinski definition) is 6. The van der Waals surface area contributed by atoms with Crippen molar-refractivity contribution in [2.45, 2.75) is 50.4 Å². The maximum Gasteiger partial charge on any atom is 0.255 e. The van der Waals surface area contributed by atoms with E-state index in [2.05, 4.69) is 38.4 Å². The molecule has 1 saturated heterocycles. The fourth-order valence-corrected chi connectivity index (χ4v) is 5.23. The number of carbonyl (C=O) groups is 2. The molecule has 4 N–H and O–H groups in total. The molecule has 10 nitrogen and oxygen atoms in total. The van der Waals surface area contributed by atoms with E-state index in [4.69, 9.17) is 17.3 Å². The number of likely N-dealkylation sites (tertiary alicyclic amines) is 1. The first-order valence-corrected chi connectivity index (χ1v) is 12.5. The maximum atomic E-state index is 12.5. The van der Waals surface area contributed by atoms with Gasteiger partial charge in [-0.05, 0) is 50.3 Å². The third-order valence-corrected chi connectivity index (χ3v) is 7.31. The number of aromatic nitrogens is 4. The predicted molar refractivity (Wildman–Crippen MR) is 140 cm³/mol. The standard InChI is InChI=1S/C26H28ClN7O3/c1-4-23(36)32-12-17(10-21(32)14(2)35)34-26(29-3)24(25(28)37)19(31-34)8-5-15-9-20-22(11-18(15)27)33(13-30-20)16-6-7-16/h4,9,11,13-14,16-17,21,29,35H,1,6-7,10,12H2,2-3H3,(H2,28,37)/t14-,17?,21+/m0/s1. The molecule has 2 aromatic heterocycles. The maximum absolute atomic E-state index is 12.5. The van der Waals surface area contributed by atoms with Crippen LogP contribution in [0.5, 0.6) is 0 Å². The van der Waals surface area contributed by atoms with E-state index in [1.165, 1.54) is 6.08 Å². The van der Waals surface area contributed by atoms with Gasteiger partial charge in [0.25, 0.3) is 5.91 Å². The zero-order valence-corrected chi connectivity index (χ0v) is 21.4. The lowest BCUT2D eigenvalue weighted by Gasteiger charge is -2.25. The first kappa shape index (κ1) is 24.9. The molecule has 0 spiro atoms. The molecule has 0 bridgehead atoms. The molecule has 2 amide bonds. The average molecular weight is 522 g/mol. The number of imidazole rings is 1. The van der Waals surface area contributed by atoms with E-state index in [0.29, 0.717) is 28.9 Å². The molecule has 1 unspecified atom stereocenters. The second-order valence-corrected chi connectivity index (χ2v) is 9.88. The molecule has 3 aromatic rings. The Balaban J connectivity index is 1.53. The SMILES string of the molecule is C=CC(=O)N1CC(n2nc(C#Cc3cc4ncn(C5CC5)c4cc3Cl)c(C(N)=O)c2NC)C[C@@H]1[C@H](C)O. The molecule has 2 aliphatic rings. The molecule has 11 heteroatoms. The lowest BCUT2D eigenvalue weighted by atomic mass is 10.1.